The lowest BCUT2D eigenvalue weighted by Crippen LogP contribution is -2.46. The third-order valence-electron chi connectivity index (χ3n) is 2.74. The smallest absolute Gasteiger partial charge is 0.270 e. The Bertz CT molecular complexity index is 421. The third-order valence-corrected chi connectivity index (χ3v) is 2.74. The van der Waals surface area contributed by atoms with Gasteiger partial charge >= 0.3 is 0 Å². The Labute approximate surface area is 99.6 Å². The summed E-state index contributed by atoms with van der Waals surface area (Å²) < 4.78 is 5.27. The Morgan fingerprint density at radius 3 is 2.94 bits per heavy atom. The van der Waals surface area contributed by atoms with Crippen molar-refractivity contribution in [2.24, 2.45) is 0 Å². The first kappa shape index (κ1) is 11.8. The van der Waals surface area contributed by atoms with Crippen LogP contribution in [0, 0.1) is 6.92 Å². The van der Waals surface area contributed by atoms with Crippen molar-refractivity contribution in [3.63, 3.8) is 0 Å². The number of hydrogen-bond acceptors (Lipinski definition) is 5. The van der Waals surface area contributed by atoms with Gasteiger partial charge in [-0.2, -0.15) is 0 Å². The zero-order chi connectivity index (χ0) is 12.5. The Hall–Kier alpha value is -1.69. The van der Waals surface area contributed by atoms with Crippen LogP contribution in [0.15, 0.2) is 6.07 Å². The summed E-state index contributed by atoms with van der Waals surface area (Å²) in [5, 5.41) is 2.92. The quantitative estimate of drug-likeness (QED) is 0.769. The van der Waals surface area contributed by atoms with Crippen molar-refractivity contribution in [2.75, 3.05) is 18.9 Å². The van der Waals surface area contributed by atoms with Crippen molar-refractivity contribution in [1.82, 2.24) is 15.3 Å². The van der Waals surface area contributed by atoms with E-state index in [2.05, 4.69) is 15.3 Å². The third kappa shape index (κ3) is 2.71. The van der Waals surface area contributed by atoms with E-state index in [9.17, 15) is 4.79 Å². The zero-order valence-electron chi connectivity index (χ0n) is 9.99. The summed E-state index contributed by atoms with van der Waals surface area (Å²) >= 11 is 0. The van der Waals surface area contributed by atoms with Crippen LogP contribution in [0.3, 0.4) is 0 Å². The number of anilines is 1. The lowest BCUT2D eigenvalue weighted by Gasteiger charge is -2.23. The molecular formula is C11H16N4O2. The first-order valence-electron chi connectivity index (χ1n) is 5.50. The van der Waals surface area contributed by atoms with Gasteiger partial charge in [0.15, 0.2) is 0 Å². The number of carbonyl (C=O) groups is 1. The topological polar surface area (TPSA) is 90.1 Å². The molecule has 1 aliphatic heterocycles. The first-order chi connectivity index (χ1) is 7.98. The van der Waals surface area contributed by atoms with Crippen molar-refractivity contribution >= 4 is 11.9 Å². The Morgan fingerprint density at radius 1 is 1.59 bits per heavy atom. The molecule has 0 saturated carbocycles. The van der Waals surface area contributed by atoms with Gasteiger partial charge in [-0.05, 0) is 26.3 Å². The number of hydrogen-bond donors (Lipinski definition) is 2. The molecule has 2 rings (SSSR count). The van der Waals surface area contributed by atoms with E-state index in [1.807, 2.05) is 6.92 Å². The van der Waals surface area contributed by atoms with Gasteiger partial charge in [0.2, 0.25) is 5.95 Å². The molecule has 1 aromatic heterocycles. The summed E-state index contributed by atoms with van der Waals surface area (Å²) in [7, 11) is 0. The van der Waals surface area contributed by atoms with Crippen molar-refractivity contribution < 1.29 is 9.53 Å². The summed E-state index contributed by atoms with van der Waals surface area (Å²) in [6, 6.07) is 1.62. The van der Waals surface area contributed by atoms with Gasteiger partial charge in [0.05, 0.1) is 12.1 Å². The molecule has 0 aromatic carbocycles. The van der Waals surface area contributed by atoms with Crippen LogP contribution < -0.4 is 11.1 Å². The largest absolute Gasteiger partial charge is 0.379 e. The summed E-state index contributed by atoms with van der Waals surface area (Å²) in [5.41, 5.74) is 6.17. The van der Waals surface area contributed by atoms with Gasteiger partial charge in [-0.1, -0.05) is 0 Å². The molecule has 1 aromatic rings. The van der Waals surface area contributed by atoms with E-state index >= 15 is 0 Å². The normalized spacial score (nSPS) is 23.6. The van der Waals surface area contributed by atoms with E-state index in [0.717, 1.165) is 6.42 Å². The fraction of sp³-hybridized carbons (Fsp3) is 0.545. The summed E-state index contributed by atoms with van der Waals surface area (Å²) in [5.74, 6) is -0.127. The van der Waals surface area contributed by atoms with E-state index in [1.54, 1.807) is 13.0 Å². The lowest BCUT2D eigenvalue weighted by atomic mass is 10.0. The van der Waals surface area contributed by atoms with E-state index < -0.39 is 0 Å². The second kappa shape index (κ2) is 4.29. The highest BCUT2D eigenvalue weighted by Gasteiger charge is 2.31. The average Bonchev–Trinajstić information content (AvgIpc) is 2.63. The zero-order valence-corrected chi connectivity index (χ0v) is 9.99. The molecule has 0 bridgehead atoms. The fourth-order valence-corrected chi connectivity index (χ4v) is 1.81. The molecule has 6 heteroatoms. The van der Waals surface area contributed by atoms with Crippen molar-refractivity contribution in [3.8, 4) is 0 Å². The van der Waals surface area contributed by atoms with E-state index in [0.29, 0.717) is 24.6 Å². The Morgan fingerprint density at radius 2 is 2.35 bits per heavy atom. The van der Waals surface area contributed by atoms with Gasteiger partial charge in [-0.15, -0.1) is 0 Å². The molecule has 3 N–H and O–H groups in total. The maximum Gasteiger partial charge on any atom is 0.270 e. The Balaban J connectivity index is 2.14. The van der Waals surface area contributed by atoms with Gasteiger partial charge in [-0.25, -0.2) is 9.97 Å². The number of ether oxygens (including phenoxy) is 1. The molecular weight excluding hydrogens is 220 g/mol. The van der Waals surface area contributed by atoms with E-state index in [1.165, 1.54) is 0 Å². The maximum absolute atomic E-state index is 12.0. The molecule has 1 unspecified atom stereocenters. The van der Waals surface area contributed by atoms with Crippen molar-refractivity contribution in [1.29, 1.82) is 0 Å². The maximum atomic E-state index is 12.0. The number of rotatable bonds is 2. The molecule has 6 nitrogen and oxygen atoms in total. The number of amides is 1. The number of nitrogens with one attached hydrogen (secondary N) is 1. The van der Waals surface area contributed by atoms with Gasteiger partial charge < -0.3 is 15.8 Å². The average molecular weight is 236 g/mol. The number of nitrogen functional groups attached to an aromatic ring is 1. The highest BCUT2D eigenvalue weighted by atomic mass is 16.5. The Kier molecular flexibility index (Phi) is 2.97. The van der Waals surface area contributed by atoms with Crippen LogP contribution >= 0.6 is 0 Å². The minimum Gasteiger partial charge on any atom is -0.379 e. The number of nitrogens with zero attached hydrogens (tertiary/aromatic N) is 2. The van der Waals surface area contributed by atoms with Crippen LogP contribution in [-0.4, -0.2) is 34.6 Å². The molecule has 1 fully saturated rings. The molecule has 0 aliphatic carbocycles. The van der Waals surface area contributed by atoms with Gasteiger partial charge in [0, 0.05) is 12.3 Å². The van der Waals surface area contributed by atoms with Crippen molar-refractivity contribution in [2.45, 2.75) is 25.8 Å². The molecule has 1 aliphatic rings. The molecule has 1 atom stereocenters. The second-order valence-corrected chi connectivity index (χ2v) is 4.57. The number of aromatic nitrogens is 2. The van der Waals surface area contributed by atoms with Crippen LogP contribution in [0.1, 0.15) is 29.5 Å². The van der Waals surface area contributed by atoms with Crippen LogP contribution in [0.5, 0.6) is 0 Å². The standard InChI is InChI=1S/C11H16N4O2/c1-7-5-8(14-10(12)13-7)9(16)15-11(2)3-4-17-6-11/h5H,3-4,6H2,1-2H3,(H,15,16)(H2,12,13,14). The van der Waals surface area contributed by atoms with Crippen LogP contribution in [0.4, 0.5) is 5.95 Å². The van der Waals surface area contributed by atoms with Crippen LogP contribution in [-0.2, 0) is 4.74 Å². The fourth-order valence-electron chi connectivity index (χ4n) is 1.81. The summed E-state index contributed by atoms with van der Waals surface area (Å²) in [6.07, 6.45) is 0.804. The molecule has 1 saturated heterocycles. The minimum absolute atomic E-state index is 0.114. The molecule has 92 valence electrons. The minimum atomic E-state index is -0.315. The highest BCUT2D eigenvalue weighted by Crippen LogP contribution is 2.18. The summed E-state index contributed by atoms with van der Waals surface area (Å²) in [6.45, 7) is 4.92. The predicted octanol–water partition coefficient (Wildman–Crippen LogP) is 0.276. The molecule has 0 spiro atoms. The second-order valence-electron chi connectivity index (χ2n) is 4.57. The number of nitrogens with two attached hydrogens (primary N) is 1. The predicted molar refractivity (Wildman–Crippen MR) is 62.5 cm³/mol. The van der Waals surface area contributed by atoms with Crippen LogP contribution in [0.2, 0.25) is 0 Å². The molecule has 17 heavy (non-hydrogen) atoms. The number of carbonyl (C=O) groups excluding carboxylic acids is 1. The van der Waals surface area contributed by atoms with E-state index in [-0.39, 0.29) is 17.4 Å². The molecule has 1 amide bonds. The SMILES string of the molecule is Cc1cc(C(=O)NC2(C)CCOC2)nc(N)n1. The van der Waals surface area contributed by atoms with Gasteiger partial charge in [-0.3, -0.25) is 4.79 Å². The molecule has 2 heterocycles. The van der Waals surface area contributed by atoms with Crippen LogP contribution in [0.25, 0.3) is 0 Å². The van der Waals surface area contributed by atoms with E-state index in [4.69, 9.17) is 10.5 Å². The monoisotopic (exact) mass is 236 g/mol. The van der Waals surface area contributed by atoms with Gasteiger partial charge in [0.25, 0.3) is 5.91 Å². The molecule has 0 radical (unpaired) electrons. The first-order valence-corrected chi connectivity index (χ1v) is 5.50. The number of aryl methyl sites for hydroxylation is 1. The van der Waals surface area contributed by atoms with Crippen molar-refractivity contribution in [3.05, 3.63) is 17.5 Å². The lowest BCUT2D eigenvalue weighted by molar-refractivity contribution is 0.0884. The van der Waals surface area contributed by atoms with Gasteiger partial charge in [0.1, 0.15) is 5.69 Å². The summed E-state index contributed by atoms with van der Waals surface area (Å²) in [4.78, 5) is 19.8. The highest BCUT2D eigenvalue weighted by molar-refractivity contribution is 5.93.